The minimum Gasteiger partial charge on any atom is -0.342 e. The molecular weight excluding hydrogens is 569 g/mol. The lowest BCUT2D eigenvalue weighted by molar-refractivity contribution is -0.191. The zero-order chi connectivity index (χ0) is 29.9. The summed E-state index contributed by atoms with van der Waals surface area (Å²) >= 11 is 6.08. The second kappa shape index (κ2) is 12.9. The van der Waals surface area contributed by atoms with Crippen molar-refractivity contribution in [2.45, 2.75) is 89.0 Å². The van der Waals surface area contributed by atoms with Crippen molar-refractivity contribution in [2.24, 2.45) is 23.0 Å². The second-order valence-corrected chi connectivity index (χ2v) is 12.8. The maximum atomic E-state index is 14.3. The van der Waals surface area contributed by atoms with Crippen LogP contribution in [0.1, 0.15) is 63.4 Å². The molecule has 2 aliphatic heterocycles. The van der Waals surface area contributed by atoms with E-state index in [0.717, 1.165) is 42.7 Å². The van der Waals surface area contributed by atoms with Crippen molar-refractivity contribution in [1.82, 2.24) is 24.6 Å². The highest BCUT2D eigenvalue weighted by Crippen LogP contribution is 2.47. The smallest absolute Gasteiger partial charge is 0.342 e. The molecule has 3 aliphatic rings. The maximum Gasteiger partial charge on any atom is 0.471 e. The number of hydrogen-bond donors (Lipinski definition) is 1. The van der Waals surface area contributed by atoms with Crippen molar-refractivity contribution in [3.8, 4) is 0 Å². The molecule has 3 atom stereocenters. The lowest BCUT2D eigenvalue weighted by Crippen LogP contribution is -2.59. The van der Waals surface area contributed by atoms with Crippen molar-refractivity contribution in [3.05, 3.63) is 47.5 Å². The van der Waals surface area contributed by atoms with Crippen molar-refractivity contribution in [2.75, 3.05) is 19.6 Å². The normalized spacial score (nSPS) is 24.4. The van der Waals surface area contributed by atoms with E-state index < -0.39 is 30.1 Å². The topological polar surface area (TPSA) is 97.3 Å². The van der Waals surface area contributed by atoms with Gasteiger partial charge in [0.2, 0.25) is 5.91 Å². The molecule has 2 amide bonds. The molecule has 0 spiro atoms. The van der Waals surface area contributed by atoms with E-state index >= 15 is 0 Å². The van der Waals surface area contributed by atoms with Gasteiger partial charge in [0.25, 0.3) is 0 Å². The Hall–Kier alpha value is -2.66. The Morgan fingerprint density at radius 2 is 1.74 bits per heavy atom. The van der Waals surface area contributed by atoms with Gasteiger partial charge in [0.15, 0.2) is 0 Å². The van der Waals surface area contributed by atoms with Gasteiger partial charge in [-0.1, -0.05) is 43.0 Å². The molecule has 5 rings (SSSR count). The number of aromatic nitrogens is 3. The van der Waals surface area contributed by atoms with Crippen LogP contribution >= 0.6 is 11.6 Å². The van der Waals surface area contributed by atoms with Crippen LogP contribution in [0.2, 0.25) is 5.02 Å². The fraction of sp³-hybridized carbons (Fsp3) is 0.667. The SMILES string of the molecule is NC1CCN(C(=O)C(F)(F)F)C([C@@H](Cc2ccc(Cl)cc2)C(=O)N2CCC(Cn3cncn3)(C3CCCCC3)CC2)C1. The van der Waals surface area contributed by atoms with Crippen LogP contribution in [-0.4, -0.2) is 74.3 Å². The Labute approximate surface area is 249 Å². The first kappa shape index (κ1) is 30.8. The van der Waals surface area contributed by atoms with E-state index in [1.807, 2.05) is 4.68 Å². The first-order valence-corrected chi connectivity index (χ1v) is 15.4. The van der Waals surface area contributed by atoms with E-state index in [4.69, 9.17) is 17.3 Å². The third-order valence-corrected chi connectivity index (χ3v) is 10.1. The van der Waals surface area contributed by atoms with Crippen LogP contribution < -0.4 is 5.73 Å². The second-order valence-electron chi connectivity index (χ2n) is 12.4. The average molecular weight is 609 g/mol. The van der Waals surface area contributed by atoms with Gasteiger partial charge in [-0.3, -0.25) is 14.3 Å². The predicted molar refractivity (Wildman–Crippen MR) is 152 cm³/mol. The van der Waals surface area contributed by atoms with E-state index in [2.05, 4.69) is 10.1 Å². The molecule has 230 valence electrons. The summed E-state index contributed by atoms with van der Waals surface area (Å²) in [6.45, 7) is 1.62. The summed E-state index contributed by atoms with van der Waals surface area (Å²) in [6, 6.07) is 5.62. The largest absolute Gasteiger partial charge is 0.471 e. The van der Waals surface area contributed by atoms with Crippen LogP contribution in [0.5, 0.6) is 0 Å². The molecule has 3 fully saturated rings. The van der Waals surface area contributed by atoms with Gasteiger partial charge in [0, 0.05) is 43.3 Å². The van der Waals surface area contributed by atoms with Crippen molar-refractivity contribution in [3.63, 3.8) is 0 Å². The molecule has 42 heavy (non-hydrogen) atoms. The number of carbonyl (C=O) groups is 2. The van der Waals surface area contributed by atoms with Crippen LogP contribution in [0.15, 0.2) is 36.9 Å². The molecule has 1 aromatic heterocycles. The number of nitrogens with zero attached hydrogens (tertiary/aromatic N) is 5. The Morgan fingerprint density at radius 1 is 1.05 bits per heavy atom. The van der Waals surface area contributed by atoms with E-state index in [-0.39, 0.29) is 37.1 Å². The quantitative estimate of drug-likeness (QED) is 0.484. The third-order valence-electron chi connectivity index (χ3n) is 9.82. The number of benzene rings is 1. The molecule has 1 aliphatic carbocycles. The third kappa shape index (κ3) is 6.93. The molecule has 2 N–H and O–H groups in total. The first-order chi connectivity index (χ1) is 20.1. The molecule has 1 saturated carbocycles. The van der Waals surface area contributed by atoms with Crippen LogP contribution in [0.25, 0.3) is 0 Å². The van der Waals surface area contributed by atoms with Crippen LogP contribution in [0.4, 0.5) is 13.2 Å². The number of amides is 2. The molecule has 3 heterocycles. The molecule has 2 unspecified atom stereocenters. The summed E-state index contributed by atoms with van der Waals surface area (Å²) in [6.07, 6.45) is 6.34. The van der Waals surface area contributed by atoms with Gasteiger partial charge in [-0.05, 0) is 74.0 Å². The lowest BCUT2D eigenvalue weighted by Gasteiger charge is -2.49. The summed E-state index contributed by atoms with van der Waals surface area (Å²) in [7, 11) is 0. The van der Waals surface area contributed by atoms with Crippen LogP contribution in [-0.2, 0) is 22.6 Å². The Bertz CT molecular complexity index is 1190. The van der Waals surface area contributed by atoms with Crippen molar-refractivity contribution in [1.29, 1.82) is 0 Å². The lowest BCUT2D eigenvalue weighted by atomic mass is 9.63. The number of halogens is 4. The van der Waals surface area contributed by atoms with Crippen molar-refractivity contribution >= 4 is 23.4 Å². The molecule has 8 nitrogen and oxygen atoms in total. The summed E-state index contributed by atoms with van der Waals surface area (Å²) in [4.78, 5) is 33.6. The fourth-order valence-corrected chi connectivity index (χ4v) is 7.67. The van der Waals surface area contributed by atoms with Gasteiger partial charge in [-0.25, -0.2) is 4.98 Å². The summed E-state index contributed by atoms with van der Waals surface area (Å²) in [5.74, 6) is -2.46. The standard InChI is InChI=1S/C30H40ClF3N6O2/c31-23-8-6-21(7-9-23)16-25(26-17-24(35)10-13-40(26)28(42)30(32,33)34)27(41)38-14-11-29(12-15-38,18-39-20-36-19-37-39)22-4-2-1-3-5-22/h6-9,19-20,22,24-26H,1-5,10-18,35H2/t24?,25-,26?/m1/s1. The number of nitrogens with two attached hydrogens (primary N) is 1. The Balaban J connectivity index is 1.40. The first-order valence-electron chi connectivity index (χ1n) is 15.0. The summed E-state index contributed by atoms with van der Waals surface area (Å²) in [5.41, 5.74) is 6.98. The van der Waals surface area contributed by atoms with E-state index in [1.165, 1.54) is 25.6 Å². The number of alkyl halides is 3. The van der Waals surface area contributed by atoms with E-state index in [1.54, 1.807) is 35.5 Å². The van der Waals surface area contributed by atoms with Gasteiger partial charge in [0.05, 0.1) is 5.92 Å². The number of hydrogen-bond acceptors (Lipinski definition) is 5. The van der Waals surface area contributed by atoms with Crippen LogP contribution in [0, 0.1) is 17.3 Å². The highest BCUT2D eigenvalue weighted by Gasteiger charge is 2.50. The summed E-state index contributed by atoms with van der Waals surface area (Å²) in [5, 5.41) is 4.90. The van der Waals surface area contributed by atoms with Gasteiger partial charge in [-0.2, -0.15) is 18.3 Å². The number of carbonyl (C=O) groups excluding carboxylic acids is 2. The minimum absolute atomic E-state index is 0.0257. The molecule has 0 bridgehead atoms. The van der Waals surface area contributed by atoms with Gasteiger partial charge in [0.1, 0.15) is 12.7 Å². The zero-order valence-electron chi connectivity index (χ0n) is 23.8. The number of likely N-dealkylation sites (tertiary alicyclic amines) is 2. The van der Waals surface area contributed by atoms with Crippen molar-refractivity contribution < 1.29 is 22.8 Å². The summed E-state index contributed by atoms with van der Waals surface area (Å²) < 4.78 is 42.9. The highest BCUT2D eigenvalue weighted by molar-refractivity contribution is 6.30. The number of rotatable bonds is 7. The highest BCUT2D eigenvalue weighted by atomic mass is 35.5. The average Bonchev–Trinajstić information content (AvgIpc) is 3.49. The monoisotopic (exact) mass is 608 g/mol. The number of piperidine rings is 2. The Morgan fingerprint density at radius 3 is 2.36 bits per heavy atom. The maximum absolute atomic E-state index is 14.3. The molecule has 2 aromatic rings. The van der Waals surface area contributed by atoms with Gasteiger partial charge < -0.3 is 15.5 Å². The van der Waals surface area contributed by atoms with Crippen LogP contribution in [0.3, 0.4) is 0 Å². The molecule has 12 heteroatoms. The predicted octanol–water partition coefficient (Wildman–Crippen LogP) is 4.86. The molecular formula is C30H40ClF3N6O2. The fourth-order valence-electron chi connectivity index (χ4n) is 7.54. The zero-order valence-corrected chi connectivity index (χ0v) is 24.6. The van der Waals surface area contributed by atoms with Gasteiger partial charge >= 0.3 is 12.1 Å². The van der Waals surface area contributed by atoms with E-state index in [9.17, 15) is 22.8 Å². The minimum atomic E-state index is -5.03. The molecule has 1 aromatic carbocycles. The molecule has 0 radical (unpaired) electrons. The van der Waals surface area contributed by atoms with Gasteiger partial charge in [-0.15, -0.1) is 0 Å². The molecule has 2 saturated heterocycles. The Kier molecular flexibility index (Phi) is 9.47. The van der Waals surface area contributed by atoms with E-state index in [0.29, 0.717) is 24.0 Å².